The van der Waals surface area contributed by atoms with Crippen LogP contribution in [0.5, 0.6) is 0 Å². The maximum Gasteiger partial charge on any atom is 0.166 e. The highest BCUT2D eigenvalue weighted by Gasteiger charge is 2.26. The first-order valence-electron chi connectivity index (χ1n) is 9.59. The smallest absolute Gasteiger partial charge is 0.166 e. The first-order chi connectivity index (χ1) is 13.1. The zero-order valence-electron chi connectivity index (χ0n) is 15.8. The van der Waals surface area contributed by atoms with Crippen LogP contribution < -0.4 is 5.73 Å². The molecule has 2 aromatic rings. The number of rotatable bonds is 9. The standard InChI is InChI=1S/C21H26N2O2S2/c1-14-6-7-16(18(10-14)21(25)15-4-2-3-5-15)11-17(24)12-19-23-13-20(27-19)26-9-8-22/h6-7,10,13,15H,2-5,8-9,11-12,22H2,1H3/p+1. The van der Waals surface area contributed by atoms with Crippen LogP contribution in [0.1, 0.15) is 52.2 Å². The van der Waals surface area contributed by atoms with Crippen LogP contribution >= 0.6 is 23.1 Å². The minimum Gasteiger partial charge on any atom is -0.357 e. The molecule has 1 aliphatic rings. The summed E-state index contributed by atoms with van der Waals surface area (Å²) in [6.45, 7) is 2.87. The predicted molar refractivity (Wildman–Crippen MR) is 110 cm³/mol. The molecule has 4 nitrogen and oxygen atoms in total. The summed E-state index contributed by atoms with van der Waals surface area (Å²) in [5, 5.41) is 0.849. The maximum atomic E-state index is 12.9. The van der Waals surface area contributed by atoms with Crippen molar-refractivity contribution in [2.45, 2.75) is 49.7 Å². The van der Waals surface area contributed by atoms with Gasteiger partial charge in [0.25, 0.3) is 0 Å². The summed E-state index contributed by atoms with van der Waals surface area (Å²) in [6, 6.07) is 5.90. The monoisotopic (exact) mass is 403 g/mol. The third-order valence-corrected chi connectivity index (χ3v) is 7.19. The Labute approximate surface area is 169 Å². The topological polar surface area (TPSA) is 74.7 Å². The number of carbonyl (C=O) groups excluding carboxylic acids is 2. The number of aryl methyl sites for hydroxylation is 1. The fourth-order valence-corrected chi connectivity index (χ4v) is 5.46. The second-order valence-corrected chi connectivity index (χ2v) is 9.68. The van der Waals surface area contributed by atoms with Crippen molar-refractivity contribution in [1.82, 2.24) is 4.98 Å². The normalized spacial score (nSPS) is 14.6. The summed E-state index contributed by atoms with van der Waals surface area (Å²) in [6.07, 6.45) is 6.70. The lowest BCUT2D eigenvalue weighted by Crippen LogP contribution is -2.51. The maximum absolute atomic E-state index is 12.9. The molecule has 0 amide bonds. The van der Waals surface area contributed by atoms with Gasteiger partial charge < -0.3 is 5.73 Å². The number of carbonyl (C=O) groups is 2. The van der Waals surface area contributed by atoms with Crippen molar-refractivity contribution in [2.24, 2.45) is 5.92 Å². The number of hydrogen-bond donors (Lipinski definition) is 1. The van der Waals surface area contributed by atoms with Gasteiger partial charge in [-0.05, 0) is 31.4 Å². The van der Waals surface area contributed by atoms with E-state index in [1.165, 1.54) is 0 Å². The second-order valence-electron chi connectivity index (χ2n) is 7.17. The summed E-state index contributed by atoms with van der Waals surface area (Å²) in [5.74, 6) is 1.43. The lowest BCUT2D eigenvalue weighted by atomic mass is 9.90. The van der Waals surface area contributed by atoms with Crippen LogP contribution in [0.2, 0.25) is 0 Å². The molecule has 3 rings (SSSR count). The van der Waals surface area contributed by atoms with Gasteiger partial charge >= 0.3 is 0 Å². The summed E-state index contributed by atoms with van der Waals surface area (Å²) >= 11 is 3.31. The van der Waals surface area contributed by atoms with Crippen LogP contribution in [-0.4, -0.2) is 28.8 Å². The Hall–Kier alpha value is -1.50. The molecule has 6 heteroatoms. The average Bonchev–Trinajstić information content (AvgIpc) is 3.33. The van der Waals surface area contributed by atoms with Crippen LogP contribution in [0.3, 0.4) is 0 Å². The Morgan fingerprint density at radius 1 is 1.26 bits per heavy atom. The molecule has 0 radical (unpaired) electrons. The SMILES string of the molecule is Cc1ccc(CC(=O)Cc2ncc(SCC[NH3+])s2)c(C(=O)C2CCCC2)c1. The number of hydrogen-bond acceptors (Lipinski definition) is 5. The van der Waals surface area contributed by atoms with E-state index < -0.39 is 0 Å². The van der Waals surface area contributed by atoms with E-state index in [1.54, 1.807) is 23.1 Å². The molecule has 3 N–H and O–H groups in total. The number of Topliss-reactive ketones (excluding diaryl/α,β-unsaturated/α-hetero) is 2. The van der Waals surface area contributed by atoms with Gasteiger partial charge in [0, 0.05) is 23.7 Å². The lowest BCUT2D eigenvalue weighted by molar-refractivity contribution is -0.360. The average molecular weight is 404 g/mol. The number of quaternary nitrogens is 1. The quantitative estimate of drug-likeness (QED) is 0.513. The summed E-state index contributed by atoms with van der Waals surface area (Å²) in [5.41, 5.74) is 6.53. The minimum absolute atomic E-state index is 0.113. The van der Waals surface area contributed by atoms with Gasteiger partial charge in [-0.3, -0.25) is 9.59 Å². The van der Waals surface area contributed by atoms with E-state index in [1.807, 2.05) is 31.3 Å². The van der Waals surface area contributed by atoms with Gasteiger partial charge in [-0.1, -0.05) is 30.5 Å². The lowest BCUT2D eigenvalue weighted by Gasteiger charge is -2.13. The molecule has 1 aromatic carbocycles. The van der Waals surface area contributed by atoms with Crippen LogP contribution in [0.4, 0.5) is 0 Å². The van der Waals surface area contributed by atoms with E-state index in [4.69, 9.17) is 0 Å². The number of nitrogens with zero attached hydrogens (tertiary/aromatic N) is 1. The van der Waals surface area contributed by atoms with Gasteiger partial charge in [0.1, 0.15) is 10.8 Å². The number of thiazole rings is 1. The Balaban J connectivity index is 1.68. The largest absolute Gasteiger partial charge is 0.357 e. The van der Waals surface area contributed by atoms with Crippen LogP contribution in [0.15, 0.2) is 28.6 Å². The zero-order valence-corrected chi connectivity index (χ0v) is 17.5. The van der Waals surface area contributed by atoms with Gasteiger partial charge in [-0.15, -0.1) is 23.1 Å². The van der Waals surface area contributed by atoms with Gasteiger partial charge in [0.15, 0.2) is 5.78 Å². The Bertz CT molecular complexity index is 810. The van der Waals surface area contributed by atoms with Crippen molar-refractivity contribution in [3.8, 4) is 0 Å². The molecule has 0 saturated heterocycles. The Morgan fingerprint density at radius 2 is 2.04 bits per heavy atom. The first-order valence-corrected chi connectivity index (χ1v) is 11.4. The first kappa shape index (κ1) is 20.2. The molecule has 0 spiro atoms. The minimum atomic E-state index is 0.113. The molecule has 0 unspecified atom stereocenters. The molecule has 0 aliphatic heterocycles. The van der Waals surface area contributed by atoms with E-state index in [2.05, 4.69) is 10.7 Å². The second kappa shape index (κ2) is 9.62. The third-order valence-electron chi connectivity index (χ3n) is 4.91. The van der Waals surface area contributed by atoms with Gasteiger partial charge in [0.05, 0.1) is 23.4 Å². The van der Waals surface area contributed by atoms with Crippen molar-refractivity contribution in [3.05, 3.63) is 46.1 Å². The number of ketones is 2. The van der Waals surface area contributed by atoms with E-state index >= 15 is 0 Å². The Kier molecular flexibility index (Phi) is 7.21. The molecule has 1 saturated carbocycles. The number of aromatic nitrogens is 1. The van der Waals surface area contributed by atoms with Crippen molar-refractivity contribution < 1.29 is 15.3 Å². The van der Waals surface area contributed by atoms with Crippen LogP contribution in [-0.2, 0) is 17.6 Å². The molecule has 1 fully saturated rings. The zero-order chi connectivity index (χ0) is 19.2. The number of benzene rings is 1. The molecule has 1 aromatic heterocycles. The van der Waals surface area contributed by atoms with Crippen molar-refractivity contribution >= 4 is 34.7 Å². The molecular formula is C21H27N2O2S2+. The van der Waals surface area contributed by atoms with Gasteiger partial charge in [0.2, 0.25) is 0 Å². The summed E-state index contributed by atoms with van der Waals surface area (Å²) in [7, 11) is 0. The van der Waals surface area contributed by atoms with Gasteiger partial charge in [-0.2, -0.15) is 0 Å². The summed E-state index contributed by atoms with van der Waals surface area (Å²) < 4.78 is 1.13. The molecular weight excluding hydrogens is 376 g/mol. The molecule has 1 heterocycles. The predicted octanol–water partition coefficient (Wildman–Crippen LogP) is 3.51. The highest BCUT2D eigenvalue weighted by Crippen LogP contribution is 2.30. The van der Waals surface area contributed by atoms with Crippen molar-refractivity contribution in [1.29, 1.82) is 0 Å². The van der Waals surface area contributed by atoms with Crippen LogP contribution in [0, 0.1) is 12.8 Å². The van der Waals surface area contributed by atoms with E-state index in [0.29, 0.717) is 12.8 Å². The highest BCUT2D eigenvalue weighted by molar-refractivity contribution is 8.01. The molecule has 0 atom stereocenters. The Morgan fingerprint density at radius 3 is 2.78 bits per heavy atom. The van der Waals surface area contributed by atoms with E-state index in [0.717, 1.165) is 63.9 Å². The van der Waals surface area contributed by atoms with Crippen LogP contribution in [0.25, 0.3) is 0 Å². The fraction of sp³-hybridized carbons (Fsp3) is 0.476. The number of thioether (sulfide) groups is 1. The van der Waals surface area contributed by atoms with E-state index in [9.17, 15) is 9.59 Å². The fourth-order valence-electron chi connectivity index (χ4n) is 3.54. The van der Waals surface area contributed by atoms with Crippen molar-refractivity contribution in [2.75, 3.05) is 12.3 Å². The molecule has 0 bridgehead atoms. The van der Waals surface area contributed by atoms with E-state index in [-0.39, 0.29) is 17.5 Å². The highest BCUT2D eigenvalue weighted by atomic mass is 32.2. The molecule has 144 valence electrons. The third kappa shape index (κ3) is 5.50. The summed E-state index contributed by atoms with van der Waals surface area (Å²) in [4.78, 5) is 29.9. The molecule has 1 aliphatic carbocycles. The molecule has 27 heavy (non-hydrogen) atoms. The van der Waals surface area contributed by atoms with Gasteiger partial charge in [-0.25, -0.2) is 4.98 Å². The van der Waals surface area contributed by atoms with Crippen molar-refractivity contribution in [3.63, 3.8) is 0 Å².